The van der Waals surface area contributed by atoms with Crippen LogP contribution in [0, 0.1) is 0 Å². The quantitative estimate of drug-likeness (QED) is 0.475. The molecule has 208 valence electrons. The third-order valence-corrected chi connectivity index (χ3v) is 9.40. The van der Waals surface area contributed by atoms with Crippen molar-refractivity contribution in [1.29, 1.82) is 0 Å². The summed E-state index contributed by atoms with van der Waals surface area (Å²) >= 11 is 0. The number of benzene rings is 1. The molecule has 4 fully saturated rings. The van der Waals surface area contributed by atoms with Crippen molar-refractivity contribution in [2.24, 2.45) is 7.05 Å². The topological polar surface area (TPSA) is 63.9 Å². The van der Waals surface area contributed by atoms with Gasteiger partial charge in [0, 0.05) is 57.4 Å². The van der Waals surface area contributed by atoms with Gasteiger partial charge in [0.15, 0.2) is 0 Å². The van der Waals surface area contributed by atoms with Gasteiger partial charge in [-0.05, 0) is 101 Å². The molecule has 6 heterocycles. The molecule has 0 atom stereocenters. The van der Waals surface area contributed by atoms with E-state index in [0.717, 1.165) is 105 Å². The standard InChI is InChI=1S/C31H43N7O/c1-34-27(20-26-29(34)32-31(38-16-8-9-17-38)33-30(26)37-14-6-7-15-37)23-18-24(21-35-10-2-3-11-35)28(39)25(19-23)22-36-12-4-5-13-36/h18-20,39H,2-17,21-22H2,1H3. The second-order valence-corrected chi connectivity index (χ2v) is 12.2. The highest BCUT2D eigenvalue weighted by Gasteiger charge is 2.26. The molecule has 3 aromatic rings. The number of fused-ring (bicyclic) bond motifs is 1. The molecule has 4 aliphatic rings. The lowest BCUT2D eigenvalue weighted by molar-refractivity contribution is 0.312. The summed E-state index contributed by atoms with van der Waals surface area (Å²) in [5, 5.41) is 12.6. The predicted molar refractivity (Wildman–Crippen MR) is 158 cm³/mol. The Balaban J connectivity index is 1.34. The van der Waals surface area contributed by atoms with Crippen LogP contribution in [0.5, 0.6) is 5.75 Å². The van der Waals surface area contributed by atoms with Crippen molar-refractivity contribution < 1.29 is 5.11 Å². The third kappa shape index (κ3) is 4.86. The molecule has 0 unspecified atom stereocenters. The lowest BCUT2D eigenvalue weighted by atomic mass is 10.0. The Morgan fingerprint density at radius 1 is 0.667 bits per heavy atom. The van der Waals surface area contributed by atoms with Gasteiger partial charge in [0.05, 0.1) is 11.1 Å². The fourth-order valence-electron chi connectivity index (χ4n) is 7.19. The van der Waals surface area contributed by atoms with E-state index in [0.29, 0.717) is 5.75 Å². The monoisotopic (exact) mass is 529 g/mol. The first-order valence-electron chi connectivity index (χ1n) is 15.3. The van der Waals surface area contributed by atoms with Crippen LogP contribution in [0.4, 0.5) is 11.8 Å². The Morgan fingerprint density at radius 2 is 1.18 bits per heavy atom. The zero-order valence-electron chi connectivity index (χ0n) is 23.5. The number of aryl methyl sites for hydroxylation is 1. The highest BCUT2D eigenvalue weighted by atomic mass is 16.3. The lowest BCUT2D eigenvalue weighted by Gasteiger charge is -2.21. The smallest absolute Gasteiger partial charge is 0.229 e. The summed E-state index contributed by atoms with van der Waals surface area (Å²) < 4.78 is 2.27. The molecule has 4 aliphatic heterocycles. The van der Waals surface area contributed by atoms with Gasteiger partial charge in [-0.3, -0.25) is 9.80 Å². The van der Waals surface area contributed by atoms with Gasteiger partial charge in [-0.1, -0.05) is 0 Å². The first-order chi connectivity index (χ1) is 19.1. The highest BCUT2D eigenvalue weighted by molar-refractivity contribution is 5.94. The fourth-order valence-corrected chi connectivity index (χ4v) is 7.19. The maximum Gasteiger partial charge on any atom is 0.229 e. The average Bonchev–Trinajstić information content (AvgIpc) is 3.78. The maximum absolute atomic E-state index is 11.4. The molecule has 4 saturated heterocycles. The minimum Gasteiger partial charge on any atom is -0.507 e. The number of phenols is 1. The Morgan fingerprint density at radius 3 is 1.74 bits per heavy atom. The van der Waals surface area contributed by atoms with Crippen LogP contribution in [0.3, 0.4) is 0 Å². The summed E-state index contributed by atoms with van der Waals surface area (Å²) in [6.07, 6.45) is 9.88. The minimum atomic E-state index is 0.491. The summed E-state index contributed by atoms with van der Waals surface area (Å²) in [5.74, 6) is 2.46. The molecule has 0 amide bonds. The molecule has 1 N–H and O–H groups in total. The van der Waals surface area contributed by atoms with Gasteiger partial charge in [0.2, 0.25) is 5.95 Å². The molecule has 8 heteroatoms. The Labute approximate surface area is 232 Å². The van der Waals surface area contributed by atoms with Crippen LogP contribution >= 0.6 is 0 Å². The zero-order chi connectivity index (χ0) is 26.3. The second kappa shape index (κ2) is 10.6. The SMILES string of the molecule is Cn1c(-c2cc(CN3CCCC3)c(O)c(CN3CCCC3)c2)cc2c(N3CCCC3)nc(N3CCCC3)nc21. The molecule has 0 saturated carbocycles. The van der Waals surface area contributed by atoms with Crippen molar-refractivity contribution in [3.8, 4) is 17.0 Å². The van der Waals surface area contributed by atoms with E-state index < -0.39 is 0 Å². The minimum absolute atomic E-state index is 0.491. The number of hydrogen-bond donors (Lipinski definition) is 1. The van der Waals surface area contributed by atoms with E-state index >= 15 is 0 Å². The van der Waals surface area contributed by atoms with Crippen LogP contribution < -0.4 is 9.80 Å². The normalized spacial score (nSPS) is 20.8. The van der Waals surface area contributed by atoms with Crippen molar-refractivity contribution in [3.05, 3.63) is 29.3 Å². The van der Waals surface area contributed by atoms with E-state index in [9.17, 15) is 5.11 Å². The number of anilines is 2. The van der Waals surface area contributed by atoms with E-state index in [1.54, 1.807) is 0 Å². The molecule has 0 aliphatic carbocycles. The van der Waals surface area contributed by atoms with Gasteiger partial charge in [-0.25, -0.2) is 0 Å². The number of likely N-dealkylation sites (tertiary alicyclic amines) is 2. The van der Waals surface area contributed by atoms with Crippen molar-refractivity contribution in [1.82, 2.24) is 24.3 Å². The summed E-state index contributed by atoms with van der Waals surface area (Å²) in [6.45, 7) is 10.3. The van der Waals surface area contributed by atoms with Crippen LogP contribution in [0.25, 0.3) is 22.3 Å². The molecule has 2 aromatic heterocycles. The largest absolute Gasteiger partial charge is 0.507 e. The molecule has 0 spiro atoms. The number of aromatic nitrogens is 3. The number of aromatic hydroxyl groups is 1. The van der Waals surface area contributed by atoms with E-state index in [-0.39, 0.29) is 0 Å². The Hall–Kier alpha value is -2.84. The second-order valence-electron chi connectivity index (χ2n) is 12.2. The summed E-state index contributed by atoms with van der Waals surface area (Å²) in [4.78, 5) is 20.1. The maximum atomic E-state index is 11.4. The van der Waals surface area contributed by atoms with Crippen molar-refractivity contribution in [2.75, 3.05) is 62.2 Å². The van der Waals surface area contributed by atoms with Crippen LogP contribution in [-0.2, 0) is 20.1 Å². The summed E-state index contributed by atoms with van der Waals surface area (Å²) in [6, 6.07) is 6.78. The van der Waals surface area contributed by atoms with Crippen molar-refractivity contribution in [3.63, 3.8) is 0 Å². The van der Waals surface area contributed by atoms with E-state index in [4.69, 9.17) is 9.97 Å². The van der Waals surface area contributed by atoms with E-state index in [1.807, 2.05) is 0 Å². The molecule has 0 bridgehead atoms. The van der Waals surface area contributed by atoms with Gasteiger partial charge in [-0.15, -0.1) is 0 Å². The van der Waals surface area contributed by atoms with Crippen molar-refractivity contribution >= 4 is 22.8 Å². The first kappa shape index (κ1) is 25.1. The van der Waals surface area contributed by atoms with E-state index in [2.05, 4.69) is 49.4 Å². The Bertz CT molecular complexity index is 1290. The van der Waals surface area contributed by atoms with Gasteiger partial charge in [0.1, 0.15) is 17.2 Å². The number of nitrogens with zero attached hydrogens (tertiary/aromatic N) is 7. The highest BCUT2D eigenvalue weighted by Crippen LogP contribution is 2.38. The zero-order valence-corrected chi connectivity index (χ0v) is 23.5. The van der Waals surface area contributed by atoms with Gasteiger partial charge in [-0.2, -0.15) is 9.97 Å². The molecule has 1 aromatic carbocycles. The number of phenolic OH excluding ortho intramolecular Hbond substituents is 1. The van der Waals surface area contributed by atoms with Gasteiger partial charge < -0.3 is 19.5 Å². The third-order valence-electron chi connectivity index (χ3n) is 9.40. The average molecular weight is 530 g/mol. The van der Waals surface area contributed by atoms with Crippen LogP contribution in [-0.4, -0.2) is 81.8 Å². The predicted octanol–water partition coefficient (Wildman–Crippen LogP) is 4.73. The molecule has 39 heavy (non-hydrogen) atoms. The van der Waals surface area contributed by atoms with Crippen LogP contribution in [0.15, 0.2) is 18.2 Å². The summed E-state index contributed by atoms with van der Waals surface area (Å²) in [7, 11) is 2.15. The van der Waals surface area contributed by atoms with Crippen LogP contribution in [0.2, 0.25) is 0 Å². The fraction of sp³-hybridized carbons (Fsp3) is 0.613. The van der Waals surface area contributed by atoms with Crippen molar-refractivity contribution in [2.45, 2.75) is 64.5 Å². The van der Waals surface area contributed by atoms with Gasteiger partial charge in [0.25, 0.3) is 0 Å². The molecule has 7 rings (SSSR count). The molecule has 0 radical (unpaired) electrons. The molecular formula is C31H43N7O. The summed E-state index contributed by atoms with van der Waals surface area (Å²) in [5.41, 5.74) is 5.45. The first-order valence-corrected chi connectivity index (χ1v) is 15.3. The molecule has 8 nitrogen and oxygen atoms in total. The van der Waals surface area contributed by atoms with E-state index in [1.165, 1.54) is 56.9 Å². The van der Waals surface area contributed by atoms with Crippen LogP contribution in [0.1, 0.15) is 62.5 Å². The Kier molecular flexibility index (Phi) is 6.85. The number of hydrogen-bond acceptors (Lipinski definition) is 7. The number of rotatable bonds is 7. The molecular weight excluding hydrogens is 486 g/mol. The van der Waals surface area contributed by atoms with Gasteiger partial charge >= 0.3 is 0 Å². The lowest BCUT2D eigenvalue weighted by Crippen LogP contribution is -2.24.